The van der Waals surface area contributed by atoms with Crippen molar-refractivity contribution in [3.05, 3.63) is 44.4 Å². The number of thiophene rings is 1. The molecule has 2 rings (SSSR count). The first-order chi connectivity index (χ1) is 11.5. The molecule has 0 amide bonds. The number of hydrogen-bond donors (Lipinski definition) is 2. The second-order valence-corrected chi connectivity index (χ2v) is 6.85. The molecule has 1 atom stereocenters. The predicted molar refractivity (Wildman–Crippen MR) is 95.6 cm³/mol. The van der Waals surface area contributed by atoms with Crippen molar-refractivity contribution < 1.29 is 4.92 Å². The van der Waals surface area contributed by atoms with Crippen LogP contribution in [0, 0.1) is 17.0 Å². The minimum absolute atomic E-state index is 0.00243. The fourth-order valence-corrected chi connectivity index (χ4v) is 3.25. The molecule has 2 aromatic heterocycles. The maximum Gasteiger partial charge on any atom is 0.306 e. The Labute approximate surface area is 144 Å². The number of nitro groups is 1. The molecule has 0 saturated carbocycles. The van der Waals surface area contributed by atoms with Gasteiger partial charge in [0.15, 0.2) is 5.96 Å². The van der Waals surface area contributed by atoms with Gasteiger partial charge in [-0.1, -0.05) is 0 Å². The zero-order valence-corrected chi connectivity index (χ0v) is 14.8. The van der Waals surface area contributed by atoms with Crippen molar-refractivity contribution >= 4 is 23.0 Å². The van der Waals surface area contributed by atoms with E-state index in [1.165, 1.54) is 26.8 Å². The van der Waals surface area contributed by atoms with Gasteiger partial charge < -0.3 is 10.6 Å². The molecule has 0 aromatic carbocycles. The third-order valence-corrected chi connectivity index (χ3v) is 4.40. The van der Waals surface area contributed by atoms with Crippen LogP contribution < -0.4 is 10.6 Å². The lowest BCUT2D eigenvalue weighted by molar-refractivity contribution is -0.385. The van der Waals surface area contributed by atoms with E-state index >= 15 is 0 Å². The second-order valence-electron chi connectivity index (χ2n) is 5.48. The molecule has 0 bridgehead atoms. The van der Waals surface area contributed by atoms with Crippen LogP contribution in [0.2, 0.25) is 0 Å². The maximum absolute atomic E-state index is 10.6. The molecule has 130 valence electrons. The summed E-state index contributed by atoms with van der Waals surface area (Å²) in [6.07, 6.45) is 3.60. The number of nitrogens with one attached hydrogen (secondary N) is 2. The summed E-state index contributed by atoms with van der Waals surface area (Å²) in [7, 11) is 1.72. The lowest BCUT2D eigenvalue weighted by Gasteiger charge is -2.17. The smallest absolute Gasteiger partial charge is 0.306 e. The highest BCUT2D eigenvalue weighted by molar-refractivity contribution is 7.11. The zero-order chi connectivity index (χ0) is 17.5. The Morgan fingerprint density at radius 3 is 2.92 bits per heavy atom. The summed E-state index contributed by atoms with van der Waals surface area (Å²) >= 11 is 1.80. The summed E-state index contributed by atoms with van der Waals surface area (Å²) in [5.74, 6) is 0.706. The predicted octanol–water partition coefficient (Wildman–Crippen LogP) is 1.96. The molecule has 0 radical (unpaired) electrons. The summed E-state index contributed by atoms with van der Waals surface area (Å²) in [6.45, 7) is 5.31. The maximum atomic E-state index is 10.6. The number of hydrogen-bond acceptors (Lipinski definition) is 5. The van der Waals surface area contributed by atoms with Gasteiger partial charge in [-0.05, 0) is 26.0 Å². The lowest BCUT2D eigenvalue weighted by atomic mass is 10.2. The minimum Gasteiger partial charge on any atom is -0.355 e. The van der Waals surface area contributed by atoms with Gasteiger partial charge in [0.1, 0.15) is 12.4 Å². The third kappa shape index (κ3) is 5.34. The topological polar surface area (TPSA) is 97.4 Å². The summed E-state index contributed by atoms with van der Waals surface area (Å²) in [4.78, 5) is 17.0. The molecule has 1 unspecified atom stereocenters. The number of aliphatic imine (C=N–C) groups is 1. The van der Waals surface area contributed by atoms with Crippen LogP contribution in [0.15, 0.2) is 29.5 Å². The first kappa shape index (κ1) is 17.9. The second kappa shape index (κ2) is 8.44. The van der Waals surface area contributed by atoms with Crippen molar-refractivity contribution in [2.75, 3.05) is 13.6 Å². The van der Waals surface area contributed by atoms with E-state index in [-0.39, 0.29) is 11.7 Å². The SMILES string of the molecule is CN=C(NCCn1cc([N+](=O)[O-])cn1)NC(C)Cc1ccc(C)s1. The van der Waals surface area contributed by atoms with E-state index in [1.807, 2.05) is 0 Å². The van der Waals surface area contributed by atoms with E-state index in [9.17, 15) is 10.1 Å². The fourth-order valence-electron chi connectivity index (χ4n) is 2.23. The Balaban J connectivity index is 1.76. The number of aryl methyl sites for hydroxylation is 1. The minimum atomic E-state index is -0.453. The Kier molecular flexibility index (Phi) is 6.30. The Morgan fingerprint density at radius 1 is 1.54 bits per heavy atom. The molecule has 0 fully saturated rings. The van der Waals surface area contributed by atoms with E-state index in [4.69, 9.17) is 0 Å². The first-order valence-electron chi connectivity index (χ1n) is 7.67. The average molecular weight is 350 g/mol. The largest absolute Gasteiger partial charge is 0.355 e. The van der Waals surface area contributed by atoms with Crippen LogP contribution in [0.5, 0.6) is 0 Å². The quantitative estimate of drug-likeness (QED) is 0.344. The summed E-state index contributed by atoms with van der Waals surface area (Å²) in [5, 5.41) is 21.1. The van der Waals surface area contributed by atoms with Gasteiger partial charge in [-0.15, -0.1) is 11.3 Å². The van der Waals surface area contributed by atoms with E-state index in [1.54, 1.807) is 18.4 Å². The molecule has 8 nitrogen and oxygen atoms in total. The van der Waals surface area contributed by atoms with Crippen molar-refractivity contribution in [3.63, 3.8) is 0 Å². The average Bonchev–Trinajstić information content (AvgIpc) is 3.15. The van der Waals surface area contributed by atoms with Gasteiger partial charge in [0.25, 0.3) is 0 Å². The molecular formula is C15H22N6O2S. The van der Waals surface area contributed by atoms with Crippen molar-refractivity contribution in [2.45, 2.75) is 32.9 Å². The van der Waals surface area contributed by atoms with Gasteiger partial charge in [-0.3, -0.25) is 19.8 Å². The monoisotopic (exact) mass is 350 g/mol. The number of rotatable bonds is 7. The molecular weight excluding hydrogens is 328 g/mol. The Hall–Kier alpha value is -2.42. The molecule has 0 aliphatic rings. The van der Waals surface area contributed by atoms with Gasteiger partial charge in [0, 0.05) is 35.8 Å². The highest BCUT2D eigenvalue weighted by Gasteiger charge is 2.10. The lowest BCUT2D eigenvalue weighted by Crippen LogP contribution is -2.43. The first-order valence-corrected chi connectivity index (χ1v) is 8.49. The molecule has 0 spiro atoms. The number of guanidine groups is 1. The van der Waals surface area contributed by atoms with Gasteiger partial charge in [0.2, 0.25) is 0 Å². The zero-order valence-electron chi connectivity index (χ0n) is 14.0. The Bertz CT molecular complexity index is 708. The van der Waals surface area contributed by atoms with Crippen molar-refractivity contribution in [1.29, 1.82) is 0 Å². The van der Waals surface area contributed by atoms with Gasteiger partial charge in [-0.2, -0.15) is 5.10 Å². The van der Waals surface area contributed by atoms with Crippen LogP contribution in [0.4, 0.5) is 5.69 Å². The van der Waals surface area contributed by atoms with E-state index < -0.39 is 4.92 Å². The normalized spacial score (nSPS) is 12.9. The van der Waals surface area contributed by atoms with E-state index in [0.717, 1.165) is 6.42 Å². The van der Waals surface area contributed by atoms with Gasteiger partial charge in [0.05, 0.1) is 11.5 Å². The van der Waals surface area contributed by atoms with Crippen LogP contribution >= 0.6 is 11.3 Å². The standard InChI is InChI=1S/C15H22N6O2S/c1-11(8-14-5-4-12(2)24-14)19-15(16-3)17-6-7-20-10-13(9-18-20)21(22)23/h4-5,9-11H,6-8H2,1-3H3,(H2,16,17,19). The van der Waals surface area contributed by atoms with Crippen molar-refractivity contribution in [1.82, 2.24) is 20.4 Å². The van der Waals surface area contributed by atoms with E-state index in [2.05, 4.69) is 46.7 Å². The third-order valence-electron chi connectivity index (χ3n) is 3.37. The van der Waals surface area contributed by atoms with Crippen molar-refractivity contribution in [3.8, 4) is 0 Å². The van der Waals surface area contributed by atoms with Crippen LogP contribution in [-0.2, 0) is 13.0 Å². The van der Waals surface area contributed by atoms with Crippen LogP contribution in [0.1, 0.15) is 16.7 Å². The van der Waals surface area contributed by atoms with Crippen LogP contribution in [0.25, 0.3) is 0 Å². The number of aromatic nitrogens is 2. The summed E-state index contributed by atoms with van der Waals surface area (Å²) in [6, 6.07) is 4.53. The highest BCUT2D eigenvalue weighted by Crippen LogP contribution is 2.16. The molecule has 2 aromatic rings. The Morgan fingerprint density at radius 2 is 2.33 bits per heavy atom. The molecule has 0 saturated heterocycles. The molecule has 9 heteroatoms. The molecule has 2 heterocycles. The molecule has 24 heavy (non-hydrogen) atoms. The molecule has 0 aliphatic heterocycles. The molecule has 2 N–H and O–H groups in total. The van der Waals surface area contributed by atoms with Crippen LogP contribution in [-0.4, -0.2) is 40.3 Å². The van der Waals surface area contributed by atoms with Crippen molar-refractivity contribution in [2.24, 2.45) is 4.99 Å². The van der Waals surface area contributed by atoms with Gasteiger partial charge >= 0.3 is 5.69 Å². The van der Waals surface area contributed by atoms with E-state index in [0.29, 0.717) is 19.0 Å². The highest BCUT2D eigenvalue weighted by atomic mass is 32.1. The molecule has 0 aliphatic carbocycles. The van der Waals surface area contributed by atoms with Crippen LogP contribution in [0.3, 0.4) is 0 Å². The summed E-state index contributed by atoms with van der Waals surface area (Å²) < 4.78 is 1.54. The summed E-state index contributed by atoms with van der Waals surface area (Å²) in [5.41, 5.74) is -0.00243. The van der Waals surface area contributed by atoms with Gasteiger partial charge in [-0.25, -0.2) is 0 Å². The number of nitrogens with zero attached hydrogens (tertiary/aromatic N) is 4. The fraction of sp³-hybridized carbons (Fsp3) is 0.467.